The zero-order chi connectivity index (χ0) is 35.1. The number of rotatable bonds is 7. The van der Waals surface area contributed by atoms with Gasteiger partial charge in [0.1, 0.15) is 22.0 Å². The third-order valence-corrected chi connectivity index (χ3v) is 13.3. The minimum Gasteiger partial charge on any atom is -0.423 e. The molecule has 0 radical (unpaired) electrons. The van der Waals surface area contributed by atoms with Crippen molar-refractivity contribution in [3.63, 3.8) is 0 Å². The molecule has 6 rings (SSSR count). The number of hydrazine groups is 1. The number of fused-ring (bicyclic) bond motifs is 5. The van der Waals surface area contributed by atoms with Gasteiger partial charge in [0.15, 0.2) is 10.1 Å². The number of hydrogen-bond donors (Lipinski definition) is 0. The van der Waals surface area contributed by atoms with Crippen LogP contribution in [0.15, 0.2) is 76.8 Å². The van der Waals surface area contributed by atoms with Crippen LogP contribution in [0.2, 0.25) is 10.0 Å². The number of Topliss-reactive ketones (excluding diaryl/α,β-unsaturated/α-hetero) is 1. The number of amides is 3. The Morgan fingerprint density at radius 2 is 1.29 bits per heavy atom. The normalized spacial score (nSPS) is 25.4. The summed E-state index contributed by atoms with van der Waals surface area (Å²) in [5, 5.41) is 0.513. The molecule has 1 heterocycles. The molecule has 2 aliphatic carbocycles. The lowest BCUT2D eigenvalue weighted by Crippen LogP contribution is -2.56. The number of ether oxygens (including phenoxy) is 1. The molecule has 1 saturated heterocycles. The summed E-state index contributed by atoms with van der Waals surface area (Å²) in [6.07, 6.45) is 0. The molecule has 0 unspecified atom stereocenters. The monoisotopic (exact) mass is 806 g/mol. The van der Waals surface area contributed by atoms with Gasteiger partial charge in [0.05, 0.1) is 38.0 Å². The number of benzene rings is 3. The Balaban J connectivity index is 1.32. The van der Waals surface area contributed by atoms with Crippen molar-refractivity contribution in [3.8, 4) is 5.75 Å². The van der Waals surface area contributed by atoms with E-state index < -0.39 is 61.9 Å². The Hall–Kier alpha value is -2.53. The van der Waals surface area contributed by atoms with Crippen LogP contribution in [0, 0.1) is 18.8 Å². The molecule has 0 spiro atoms. The van der Waals surface area contributed by atoms with Crippen molar-refractivity contribution in [1.82, 2.24) is 10.0 Å². The molecule has 3 aliphatic rings. The summed E-state index contributed by atoms with van der Waals surface area (Å²) in [6.45, 7) is 1.04. The SMILES string of the molecule is Cc1ccc(C(=O)Oc2ccc(C(=O)CN(C(=O)c3ccc(Cl)cc3Cl)N3C(=O)[C@@H]4[C@H](C3=O)[C@@]3(Cl)C(Cl)=C(Cl)[C@@]4(Cl)C3(Cl)Cl)cc2)cc1. The van der Waals surface area contributed by atoms with Crippen molar-refractivity contribution in [3.05, 3.63) is 109 Å². The van der Waals surface area contributed by atoms with Gasteiger partial charge in [0.25, 0.3) is 17.7 Å². The predicted octanol–water partition coefficient (Wildman–Crippen LogP) is 8.21. The Morgan fingerprint density at radius 3 is 1.81 bits per heavy atom. The Labute approximate surface area is 313 Å². The first-order valence-corrected chi connectivity index (χ1v) is 16.9. The van der Waals surface area contributed by atoms with Crippen LogP contribution >= 0.6 is 92.8 Å². The standard InChI is InChI=1S/C32H18Cl8N2O6/c1-14-2-4-16(5-3-14)29(47)48-18-9-6-15(7-10-18)21(43)13-41(26(44)19-11-8-17(33)12-20(19)34)42-27(45)22-23(28(42)46)31(38)25(36)24(35)30(22,37)32(31,39)40/h2-12,22-23H,13H2,1H3/t22-,23+,30-,31-/m1/s1. The first-order valence-electron chi connectivity index (χ1n) is 13.9. The van der Waals surface area contributed by atoms with E-state index in [-0.39, 0.29) is 37.0 Å². The number of ketones is 1. The highest BCUT2D eigenvalue weighted by molar-refractivity contribution is 6.67. The van der Waals surface area contributed by atoms with Crippen LogP contribution in [0.3, 0.4) is 0 Å². The summed E-state index contributed by atoms with van der Waals surface area (Å²) in [5.41, 5.74) is 1.14. The molecule has 2 fully saturated rings. The van der Waals surface area contributed by atoms with Gasteiger partial charge in [-0.25, -0.2) is 9.80 Å². The van der Waals surface area contributed by atoms with Crippen LogP contribution in [0.1, 0.15) is 36.6 Å². The van der Waals surface area contributed by atoms with E-state index >= 15 is 0 Å². The largest absolute Gasteiger partial charge is 0.423 e. The molecule has 4 atom stereocenters. The van der Waals surface area contributed by atoms with Crippen LogP contribution in [-0.4, -0.2) is 60.1 Å². The van der Waals surface area contributed by atoms with Gasteiger partial charge < -0.3 is 4.74 Å². The number of imide groups is 1. The summed E-state index contributed by atoms with van der Waals surface area (Å²) >= 11 is 52.0. The summed E-state index contributed by atoms with van der Waals surface area (Å²) < 4.78 is 3.19. The lowest BCUT2D eigenvalue weighted by atomic mass is 9.84. The fraction of sp³-hybridized carbons (Fsp3) is 0.219. The predicted molar refractivity (Wildman–Crippen MR) is 184 cm³/mol. The van der Waals surface area contributed by atoms with Crippen LogP contribution in [0.5, 0.6) is 5.75 Å². The Bertz CT molecular complexity index is 1920. The van der Waals surface area contributed by atoms with Gasteiger partial charge in [-0.15, -0.1) is 23.2 Å². The van der Waals surface area contributed by atoms with E-state index in [1.165, 1.54) is 42.5 Å². The van der Waals surface area contributed by atoms with Gasteiger partial charge >= 0.3 is 5.97 Å². The first kappa shape index (κ1) is 35.3. The summed E-state index contributed by atoms with van der Waals surface area (Å²) in [7, 11) is 0. The first-order chi connectivity index (χ1) is 22.5. The topological polar surface area (TPSA) is 101 Å². The van der Waals surface area contributed by atoms with Gasteiger partial charge in [-0.2, -0.15) is 5.01 Å². The number of alkyl halides is 4. The van der Waals surface area contributed by atoms with Crippen LogP contribution in [-0.2, 0) is 9.59 Å². The zero-order valence-corrected chi connectivity index (χ0v) is 30.1. The highest BCUT2D eigenvalue weighted by Gasteiger charge is 2.88. The third kappa shape index (κ3) is 5.06. The molecule has 3 aromatic rings. The van der Waals surface area contributed by atoms with Gasteiger partial charge in [-0.3, -0.25) is 19.2 Å². The highest BCUT2D eigenvalue weighted by atomic mass is 35.5. The Morgan fingerprint density at radius 1 is 0.771 bits per heavy atom. The molecule has 2 bridgehead atoms. The minimum absolute atomic E-state index is 0.0420. The van der Waals surface area contributed by atoms with Crippen molar-refractivity contribution in [2.24, 2.45) is 11.8 Å². The fourth-order valence-corrected chi connectivity index (χ4v) is 9.46. The quantitative estimate of drug-likeness (QED) is 0.0785. The van der Waals surface area contributed by atoms with Gasteiger partial charge in [-0.1, -0.05) is 87.3 Å². The maximum absolute atomic E-state index is 14.1. The average Bonchev–Trinajstić information content (AvgIpc) is 3.42. The fourth-order valence-electron chi connectivity index (χ4n) is 6.05. The van der Waals surface area contributed by atoms with Crippen LogP contribution < -0.4 is 4.74 Å². The molecule has 0 aromatic heterocycles. The van der Waals surface area contributed by atoms with E-state index in [2.05, 4.69) is 0 Å². The maximum Gasteiger partial charge on any atom is 0.343 e. The molecule has 3 amide bonds. The molecule has 0 N–H and O–H groups in total. The molecule has 248 valence electrons. The van der Waals surface area contributed by atoms with E-state index in [1.54, 1.807) is 24.3 Å². The lowest BCUT2D eigenvalue weighted by Gasteiger charge is -2.36. The van der Waals surface area contributed by atoms with E-state index in [0.29, 0.717) is 15.6 Å². The second kappa shape index (κ2) is 12.4. The van der Waals surface area contributed by atoms with Crippen LogP contribution in [0.4, 0.5) is 0 Å². The number of carbonyl (C=O) groups is 5. The van der Waals surface area contributed by atoms with Crippen molar-refractivity contribution < 1.29 is 28.7 Å². The summed E-state index contributed by atoms with van der Waals surface area (Å²) in [4.78, 5) is 64.1. The molecule has 3 aromatic carbocycles. The van der Waals surface area contributed by atoms with E-state index in [1.807, 2.05) is 6.92 Å². The lowest BCUT2D eigenvalue weighted by molar-refractivity contribution is -0.154. The van der Waals surface area contributed by atoms with Crippen molar-refractivity contribution in [2.45, 2.75) is 21.0 Å². The second-order valence-corrected chi connectivity index (χ2v) is 15.4. The maximum atomic E-state index is 14.1. The molecule has 8 nitrogen and oxygen atoms in total. The van der Waals surface area contributed by atoms with Crippen molar-refractivity contribution in [2.75, 3.05) is 6.54 Å². The summed E-state index contributed by atoms with van der Waals surface area (Å²) in [5.74, 6) is -7.45. The third-order valence-electron chi connectivity index (χ3n) is 8.49. The molecular formula is C32H18Cl8N2O6. The van der Waals surface area contributed by atoms with Crippen molar-refractivity contribution in [1.29, 1.82) is 0 Å². The number of carbonyl (C=O) groups excluding carboxylic acids is 5. The van der Waals surface area contributed by atoms with E-state index in [4.69, 9.17) is 97.5 Å². The number of esters is 1. The number of nitrogens with zero attached hydrogens (tertiary/aromatic N) is 2. The highest BCUT2D eigenvalue weighted by Crippen LogP contribution is 2.77. The molecule has 1 saturated carbocycles. The number of hydrogen-bond acceptors (Lipinski definition) is 6. The molecule has 16 heteroatoms. The minimum atomic E-state index is -2.21. The molecular weight excluding hydrogens is 792 g/mol. The number of allylic oxidation sites excluding steroid dienone is 2. The van der Waals surface area contributed by atoms with Gasteiger partial charge in [0.2, 0.25) is 0 Å². The van der Waals surface area contributed by atoms with Gasteiger partial charge in [-0.05, 0) is 61.5 Å². The smallest absolute Gasteiger partial charge is 0.343 e. The number of halogens is 8. The average molecular weight is 810 g/mol. The second-order valence-electron chi connectivity index (χ2n) is 11.3. The van der Waals surface area contributed by atoms with E-state index in [9.17, 15) is 24.0 Å². The summed E-state index contributed by atoms with van der Waals surface area (Å²) in [6, 6.07) is 16.1. The van der Waals surface area contributed by atoms with Gasteiger partial charge in [0, 0.05) is 10.6 Å². The van der Waals surface area contributed by atoms with Crippen molar-refractivity contribution >= 4 is 122 Å². The number of aryl methyl sites for hydroxylation is 1. The molecule has 48 heavy (non-hydrogen) atoms. The van der Waals surface area contributed by atoms with Crippen LogP contribution in [0.25, 0.3) is 0 Å². The Kier molecular flexibility index (Phi) is 9.09. The molecule has 1 aliphatic heterocycles. The van der Waals surface area contributed by atoms with E-state index in [0.717, 1.165) is 5.56 Å². The zero-order valence-electron chi connectivity index (χ0n) is 24.1.